The summed E-state index contributed by atoms with van der Waals surface area (Å²) in [5.41, 5.74) is 1.87. The van der Waals surface area contributed by atoms with Crippen LogP contribution < -0.4 is 14.8 Å². The number of ether oxygens (including phenoxy) is 2. The number of piperazine rings is 1. The van der Waals surface area contributed by atoms with Gasteiger partial charge in [0.05, 0.1) is 13.1 Å². The predicted octanol–water partition coefficient (Wildman–Crippen LogP) is 2.11. The van der Waals surface area contributed by atoms with Gasteiger partial charge in [0, 0.05) is 20.1 Å². The zero-order valence-electron chi connectivity index (χ0n) is 21.0. The molecule has 3 aliphatic rings. The molecule has 5 rings (SSSR count). The number of likely N-dealkylation sites (N-methyl/N-ethyl adjacent to an activating group) is 1. The van der Waals surface area contributed by atoms with Crippen molar-refractivity contribution in [1.82, 2.24) is 25.1 Å². The number of hydrogen-bond donors (Lipinski definition) is 1. The van der Waals surface area contributed by atoms with E-state index in [0.29, 0.717) is 31.0 Å². The maximum Gasteiger partial charge on any atom is 0.334 e. The van der Waals surface area contributed by atoms with Crippen LogP contribution in [0.4, 0.5) is 4.79 Å². The third kappa shape index (κ3) is 5.19. The van der Waals surface area contributed by atoms with Gasteiger partial charge < -0.3 is 24.6 Å². The first-order valence-corrected chi connectivity index (χ1v) is 13.6. The molecule has 2 saturated heterocycles. The van der Waals surface area contributed by atoms with E-state index in [2.05, 4.69) is 5.32 Å². The smallest absolute Gasteiger partial charge is 0.334 e. The van der Waals surface area contributed by atoms with Crippen molar-refractivity contribution in [3.63, 3.8) is 0 Å². The Hall–Kier alpha value is -3.44. The van der Waals surface area contributed by atoms with E-state index in [4.69, 9.17) is 9.47 Å². The van der Waals surface area contributed by atoms with Crippen molar-refractivity contribution in [3.8, 4) is 11.5 Å². The number of fused-ring (bicyclic) bond motifs is 2. The summed E-state index contributed by atoms with van der Waals surface area (Å²) in [5, 5.41) is 6.20. The second-order valence-corrected chi connectivity index (χ2v) is 10.3. The van der Waals surface area contributed by atoms with E-state index in [-0.39, 0.29) is 37.7 Å². The summed E-state index contributed by atoms with van der Waals surface area (Å²) in [4.78, 5) is 43.7. The first kappa shape index (κ1) is 25.2. The highest BCUT2D eigenvalue weighted by Gasteiger charge is 2.50. The Balaban J connectivity index is 1.40. The predicted molar refractivity (Wildman–Crippen MR) is 139 cm³/mol. The molecule has 0 spiro atoms. The van der Waals surface area contributed by atoms with Crippen molar-refractivity contribution < 1.29 is 23.9 Å². The van der Waals surface area contributed by atoms with Crippen LogP contribution in [0, 0.1) is 0 Å². The van der Waals surface area contributed by atoms with E-state index in [9.17, 15) is 14.4 Å². The third-order valence-corrected chi connectivity index (χ3v) is 7.48. The normalized spacial score (nSPS) is 21.3. The summed E-state index contributed by atoms with van der Waals surface area (Å²) in [6.45, 7) is 1.11. The molecule has 0 radical (unpaired) electrons. The van der Waals surface area contributed by atoms with E-state index in [0.717, 1.165) is 16.9 Å². The Labute approximate surface area is 220 Å². The SMILES string of the molecule is CSCC[C@H]1C(=O)N(Cc2ccc3c(c2)OCO3)C[C@H]2N1C(=O)CN(C)N2C(=O)NCc1ccccc1. The lowest BCUT2D eigenvalue weighted by atomic mass is 10.0. The van der Waals surface area contributed by atoms with Crippen LogP contribution in [0.2, 0.25) is 0 Å². The molecule has 11 heteroatoms. The summed E-state index contributed by atoms with van der Waals surface area (Å²) < 4.78 is 10.9. The van der Waals surface area contributed by atoms with Crippen molar-refractivity contribution in [1.29, 1.82) is 0 Å². The van der Waals surface area contributed by atoms with Gasteiger partial charge in [-0.2, -0.15) is 11.8 Å². The molecule has 0 bridgehead atoms. The molecule has 10 nitrogen and oxygen atoms in total. The maximum absolute atomic E-state index is 13.7. The lowest BCUT2D eigenvalue weighted by Gasteiger charge is -2.54. The van der Waals surface area contributed by atoms with Crippen LogP contribution in [-0.4, -0.2) is 88.8 Å². The average molecular weight is 526 g/mol. The highest BCUT2D eigenvalue weighted by atomic mass is 32.2. The Morgan fingerprint density at radius 3 is 2.65 bits per heavy atom. The molecule has 2 aromatic carbocycles. The van der Waals surface area contributed by atoms with Crippen LogP contribution in [0.15, 0.2) is 48.5 Å². The van der Waals surface area contributed by atoms with Crippen molar-refractivity contribution >= 4 is 29.6 Å². The molecule has 196 valence electrons. The first-order chi connectivity index (χ1) is 18.0. The molecule has 0 aliphatic carbocycles. The number of nitrogens with zero attached hydrogens (tertiary/aromatic N) is 4. The molecule has 0 unspecified atom stereocenters. The van der Waals surface area contributed by atoms with Crippen LogP contribution in [0.3, 0.4) is 0 Å². The molecule has 3 aliphatic heterocycles. The number of hydrogen-bond acceptors (Lipinski definition) is 7. The van der Waals surface area contributed by atoms with E-state index in [1.54, 1.807) is 38.6 Å². The fourth-order valence-corrected chi connectivity index (χ4v) is 5.53. The molecule has 2 fully saturated rings. The molecule has 37 heavy (non-hydrogen) atoms. The quantitative estimate of drug-likeness (QED) is 0.592. The lowest BCUT2D eigenvalue weighted by Crippen LogP contribution is -2.75. The minimum atomic E-state index is -0.633. The minimum absolute atomic E-state index is 0.0282. The van der Waals surface area contributed by atoms with Crippen molar-refractivity contribution in [2.75, 3.05) is 38.9 Å². The second-order valence-electron chi connectivity index (χ2n) is 9.29. The maximum atomic E-state index is 13.7. The summed E-state index contributed by atoms with van der Waals surface area (Å²) in [5.74, 6) is 1.80. The van der Waals surface area contributed by atoms with Gasteiger partial charge in [-0.15, -0.1) is 0 Å². The highest BCUT2D eigenvalue weighted by Crippen LogP contribution is 2.34. The molecule has 3 heterocycles. The van der Waals surface area contributed by atoms with Gasteiger partial charge in [0.15, 0.2) is 11.5 Å². The number of carbonyl (C=O) groups is 3. The van der Waals surface area contributed by atoms with Gasteiger partial charge in [0.25, 0.3) is 0 Å². The van der Waals surface area contributed by atoms with E-state index in [1.165, 1.54) is 0 Å². The molecule has 4 amide bonds. The highest BCUT2D eigenvalue weighted by molar-refractivity contribution is 7.98. The van der Waals surface area contributed by atoms with Crippen molar-refractivity contribution in [3.05, 3.63) is 59.7 Å². The standard InChI is InChI=1S/C26H31N5O5S/c1-28-16-24(32)30-20(10-11-37-2)25(33)29(14-19-8-9-21-22(12-19)36-17-35-21)15-23(30)31(28)26(34)27-13-18-6-4-3-5-7-18/h3-9,12,20,23H,10-11,13-17H2,1-2H3,(H,27,34)/t20-,23-/m0/s1. The van der Waals surface area contributed by atoms with Gasteiger partial charge in [-0.1, -0.05) is 36.4 Å². The van der Waals surface area contributed by atoms with Gasteiger partial charge >= 0.3 is 6.03 Å². The van der Waals surface area contributed by atoms with E-state index >= 15 is 0 Å². The molecular weight excluding hydrogens is 494 g/mol. The number of hydrazine groups is 1. The summed E-state index contributed by atoms with van der Waals surface area (Å²) in [6.07, 6.45) is 1.88. The van der Waals surface area contributed by atoms with Crippen LogP contribution in [0.1, 0.15) is 17.5 Å². The minimum Gasteiger partial charge on any atom is -0.454 e. The monoisotopic (exact) mass is 525 g/mol. The number of amides is 4. The van der Waals surface area contributed by atoms with Crippen LogP contribution in [-0.2, 0) is 22.7 Å². The number of thioether (sulfide) groups is 1. The Morgan fingerprint density at radius 1 is 1.08 bits per heavy atom. The van der Waals surface area contributed by atoms with E-state index < -0.39 is 12.2 Å². The molecular formula is C26H31N5O5S. The zero-order valence-corrected chi connectivity index (χ0v) is 21.8. The van der Waals surface area contributed by atoms with Crippen LogP contribution in [0.25, 0.3) is 0 Å². The summed E-state index contributed by atoms with van der Waals surface area (Å²) >= 11 is 1.63. The fourth-order valence-electron chi connectivity index (χ4n) is 5.07. The van der Waals surface area contributed by atoms with Gasteiger partial charge in [-0.3, -0.25) is 9.59 Å². The molecule has 2 atom stereocenters. The number of urea groups is 1. The number of rotatable bonds is 7. The second kappa shape index (κ2) is 10.9. The van der Waals surface area contributed by atoms with Gasteiger partial charge in [0.1, 0.15) is 12.2 Å². The van der Waals surface area contributed by atoms with E-state index in [1.807, 2.05) is 54.8 Å². The number of carbonyl (C=O) groups excluding carboxylic acids is 3. The zero-order chi connectivity index (χ0) is 25.9. The van der Waals surface area contributed by atoms with Gasteiger partial charge in [0.2, 0.25) is 18.6 Å². The Morgan fingerprint density at radius 2 is 1.86 bits per heavy atom. The van der Waals surface area contributed by atoms with Gasteiger partial charge in [-0.05, 0) is 41.7 Å². The third-order valence-electron chi connectivity index (χ3n) is 6.84. The largest absolute Gasteiger partial charge is 0.454 e. The molecule has 0 aromatic heterocycles. The fraction of sp³-hybridized carbons (Fsp3) is 0.423. The number of nitrogens with one attached hydrogen (secondary N) is 1. The first-order valence-electron chi connectivity index (χ1n) is 12.3. The molecule has 1 N–H and O–H groups in total. The van der Waals surface area contributed by atoms with Crippen molar-refractivity contribution in [2.24, 2.45) is 0 Å². The lowest BCUT2D eigenvalue weighted by molar-refractivity contribution is -0.187. The Kier molecular flexibility index (Phi) is 7.43. The Bertz CT molecular complexity index is 1170. The van der Waals surface area contributed by atoms with Crippen LogP contribution >= 0.6 is 11.8 Å². The van der Waals surface area contributed by atoms with Crippen LogP contribution in [0.5, 0.6) is 11.5 Å². The van der Waals surface area contributed by atoms with Crippen molar-refractivity contribution in [2.45, 2.75) is 31.7 Å². The molecule has 0 saturated carbocycles. The topological polar surface area (TPSA) is 94.7 Å². The summed E-state index contributed by atoms with van der Waals surface area (Å²) in [7, 11) is 1.73. The summed E-state index contributed by atoms with van der Waals surface area (Å²) in [6, 6.07) is 14.3. The number of benzene rings is 2. The average Bonchev–Trinajstić information content (AvgIpc) is 3.36. The van der Waals surface area contributed by atoms with Gasteiger partial charge in [-0.25, -0.2) is 14.8 Å². The molecule has 2 aromatic rings.